The van der Waals surface area contributed by atoms with Crippen LogP contribution < -0.4 is 20.5 Å². The zero-order valence-electron chi connectivity index (χ0n) is 14.6. The van der Waals surface area contributed by atoms with Gasteiger partial charge in [0.25, 0.3) is 0 Å². The van der Waals surface area contributed by atoms with Gasteiger partial charge in [-0.3, -0.25) is 0 Å². The van der Waals surface area contributed by atoms with Crippen molar-refractivity contribution in [1.82, 2.24) is 24.5 Å². The first-order chi connectivity index (χ1) is 13.2. The van der Waals surface area contributed by atoms with Crippen molar-refractivity contribution < 1.29 is 9.47 Å². The van der Waals surface area contributed by atoms with Crippen molar-refractivity contribution in [2.24, 2.45) is 0 Å². The number of para-hydroxylation sites is 2. The molecule has 0 saturated heterocycles. The first-order valence-electron chi connectivity index (χ1n) is 8.08. The zero-order chi connectivity index (χ0) is 18.8. The van der Waals surface area contributed by atoms with Crippen LogP contribution in [0, 0.1) is 0 Å². The average Bonchev–Trinajstić information content (AvgIpc) is 3.03. The Morgan fingerprint density at radius 1 is 1.04 bits per heavy atom. The normalized spacial score (nSPS) is 10.7. The minimum absolute atomic E-state index is 0.218. The van der Waals surface area contributed by atoms with E-state index >= 15 is 0 Å². The maximum Gasteiger partial charge on any atom is 0.333 e. The quantitative estimate of drug-likeness (QED) is 0.559. The van der Waals surface area contributed by atoms with Gasteiger partial charge in [0.15, 0.2) is 11.5 Å². The molecule has 0 bridgehead atoms. The molecule has 0 amide bonds. The molecular formula is C18H16N6O3. The molecule has 9 heteroatoms. The molecule has 0 saturated carbocycles. The number of nitrogens with one attached hydrogen (secondary N) is 2. The maximum absolute atomic E-state index is 12.3. The summed E-state index contributed by atoms with van der Waals surface area (Å²) in [6.07, 6.45) is 1.35. The highest BCUT2D eigenvalue weighted by atomic mass is 16.5. The van der Waals surface area contributed by atoms with Crippen molar-refractivity contribution >= 4 is 22.7 Å². The van der Waals surface area contributed by atoms with Crippen LogP contribution in [0.25, 0.3) is 17.0 Å². The lowest BCUT2D eigenvalue weighted by molar-refractivity contribution is 0.355. The Kier molecular flexibility index (Phi) is 4.17. The van der Waals surface area contributed by atoms with Gasteiger partial charge in [-0.2, -0.15) is 4.98 Å². The number of imidazole rings is 1. The number of benzene rings is 2. The van der Waals surface area contributed by atoms with Crippen molar-refractivity contribution in [3.05, 3.63) is 59.3 Å². The molecular weight excluding hydrogens is 348 g/mol. The largest absolute Gasteiger partial charge is 0.493 e. The minimum Gasteiger partial charge on any atom is -0.493 e. The van der Waals surface area contributed by atoms with Gasteiger partial charge in [0.1, 0.15) is 6.33 Å². The molecule has 0 spiro atoms. The highest BCUT2D eigenvalue weighted by Gasteiger charge is 2.12. The summed E-state index contributed by atoms with van der Waals surface area (Å²) in [5.41, 5.74) is 1.78. The van der Waals surface area contributed by atoms with Gasteiger partial charge in [-0.1, -0.05) is 12.1 Å². The first-order valence-corrected chi connectivity index (χ1v) is 8.08. The number of aromatic amines is 1. The predicted octanol–water partition coefficient (Wildman–Crippen LogP) is 2.26. The monoisotopic (exact) mass is 364 g/mol. The number of nitrogens with zero attached hydrogens (tertiary/aromatic N) is 4. The van der Waals surface area contributed by atoms with Gasteiger partial charge in [0.2, 0.25) is 11.9 Å². The summed E-state index contributed by atoms with van der Waals surface area (Å²) in [5, 5.41) is 3.08. The number of methoxy groups -OCH3 is 2. The van der Waals surface area contributed by atoms with Crippen LogP contribution >= 0.6 is 0 Å². The lowest BCUT2D eigenvalue weighted by Crippen LogP contribution is -2.18. The Morgan fingerprint density at radius 2 is 1.85 bits per heavy atom. The summed E-state index contributed by atoms with van der Waals surface area (Å²) in [5.74, 6) is 1.70. The number of anilines is 2. The van der Waals surface area contributed by atoms with E-state index in [4.69, 9.17) is 9.47 Å². The van der Waals surface area contributed by atoms with Gasteiger partial charge in [-0.25, -0.2) is 19.3 Å². The van der Waals surface area contributed by atoms with E-state index in [9.17, 15) is 4.79 Å². The smallest absolute Gasteiger partial charge is 0.333 e. The SMILES string of the molecule is COc1ccc(Nc2ncnc(-n3c(=O)[nH]c4ccccc43)n2)cc1OC. The molecule has 0 fully saturated rings. The van der Waals surface area contributed by atoms with Crippen molar-refractivity contribution in [3.63, 3.8) is 0 Å². The van der Waals surface area contributed by atoms with Crippen LogP contribution in [0.2, 0.25) is 0 Å². The number of aromatic nitrogens is 5. The Balaban J connectivity index is 1.71. The van der Waals surface area contributed by atoms with Crippen LogP contribution in [0.5, 0.6) is 11.5 Å². The predicted molar refractivity (Wildman–Crippen MR) is 100 cm³/mol. The highest BCUT2D eigenvalue weighted by molar-refractivity contribution is 5.76. The standard InChI is InChI=1S/C18H16N6O3/c1-26-14-8-7-11(9-15(14)27-2)21-16-19-10-20-17(23-16)24-13-6-4-3-5-12(13)22-18(24)25/h3-10H,1-2H3,(H,22,25)(H,19,20,21,23). The lowest BCUT2D eigenvalue weighted by Gasteiger charge is -2.10. The van der Waals surface area contributed by atoms with Gasteiger partial charge in [0, 0.05) is 11.8 Å². The molecule has 136 valence electrons. The van der Waals surface area contributed by atoms with E-state index in [-0.39, 0.29) is 11.6 Å². The topological polar surface area (TPSA) is 107 Å². The van der Waals surface area contributed by atoms with E-state index in [1.165, 1.54) is 10.9 Å². The fourth-order valence-corrected chi connectivity index (χ4v) is 2.75. The van der Waals surface area contributed by atoms with E-state index in [0.29, 0.717) is 34.2 Å². The molecule has 0 radical (unpaired) electrons. The van der Waals surface area contributed by atoms with Crippen molar-refractivity contribution in [2.45, 2.75) is 0 Å². The van der Waals surface area contributed by atoms with Gasteiger partial charge in [-0.15, -0.1) is 0 Å². The number of hydrogen-bond acceptors (Lipinski definition) is 7. The Labute approximate surface area is 153 Å². The van der Waals surface area contributed by atoms with Crippen LogP contribution in [-0.2, 0) is 0 Å². The summed E-state index contributed by atoms with van der Waals surface area (Å²) in [6.45, 7) is 0. The number of ether oxygens (including phenoxy) is 2. The third-order valence-electron chi connectivity index (χ3n) is 3.99. The maximum atomic E-state index is 12.3. The number of H-pyrrole nitrogens is 1. The summed E-state index contributed by atoms with van der Waals surface area (Å²) in [7, 11) is 3.13. The van der Waals surface area contributed by atoms with E-state index in [0.717, 1.165) is 0 Å². The van der Waals surface area contributed by atoms with Crippen molar-refractivity contribution in [2.75, 3.05) is 19.5 Å². The number of fused-ring (bicyclic) bond motifs is 1. The molecule has 0 aliphatic rings. The Hall–Kier alpha value is -3.88. The second-order valence-corrected chi connectivity index (χ2v) is 5.59. The van der Waals surface area contributed by atoms with Crippen molar-refractivity contribution in [1.29, 1.82) is 0 Å². The lowest BCUT2D eigenvalue weighted by atomic mass is 10.3. The molecule has 2 N–H and O–H groups in total. The zero-order valence-corrected chi connectivity index (χ0v) is 14.6. The van der Waals surface area contributed by atoms with E-state index in [1.807, 2.05) is 30.3 Å². The third kappa shape index (κ3) is 3.06. The minimum atomic E-state index is -0.320. The molecule has 4 aromatic rings. The molecule has 0 unspecified atom stereocenters. The molecule has 0 aliphatic heterocycles. The second-order valence-electron chi connectivity index (χ2n) is 5.59. The van der Waals surface area contributed by atoms with E-state index < -0.39 is 0 Å². The van der Waals surface area contributed by atoms with Crippen LogP contribution in [0.4, 0.5) is 11.6 Å². The van der Waals surface area contributed by atoms with Gasteiger partial charge < -0.3 is 19.8 Å². The highest BCUT2D eigenvalue weighted by Crippen LogP contribution is 2.30. The van der Waals surface area contributed by atoms with Crippen LogP contribution in [0.3, 0.4) is 0 Å². The fourth-order valence-electron chi connectivity index (χ4n) is 2.75. The van der Waals surface area contributed by atoms with Gasteiger partial charge in [-0.05, 0) is 24.3 Å². The van der Waals surface area contributed by atoms with E-state index in [2.05, 4.69) is 25.3 Å². The molecule has 0 atom stereocenters. The van der Waals surface area contributed by atoms with Crippen LogP contribution in [-0.4, -0.2) is 38.7 Å². The molecule has 2 heterocycles. The third-order valence-corrected chi connectivity index (χ3v) is 3.99. The van der Waals surface area contributed by atoms with Crippen LogP contribution in [0.15, 0.2) is 53.6 Å². The van der Waals surface area contributed by atoms with E-state index in [1.54, 1.807) is 26.4 Å². The summed E-state index contributed by atoms with van der Waals surface area (Å²) < 4.78 is 11.9. The Bertz CT molecular complexity index is 1170. The van der Waals surface area contributed by atoms with Gasteiger partial charge in [0.05, 0.1) is 25.3 Å². The summed E-state index contributed by atoms with van der Waals surface area (Å²) in [4.78, 5) is 27.7. The molecule has 2 aromatic carbocycles. The number of rotatable bonds is 5. The first kappa shape index (κ1) is 16.6. The van der Waals surface area contributed by atoms with Gasteiger partial charge >= 0.3 is 5.69 Å². The molecule has 0 aliphatic carbocycles. The van der Waals surface area contributed by atoms with Crippen molar-refractivity contribution in [3.8, 4) is 17.4 Å². The molecule has 9 nitrogen and oxygen atoms in total. The fraction of sp³-hybridized carbons (Fsp3) is 0.111. The second kappa shape index (κ2) is 6.79. The number of hydrogen-bond donors (Lipinski definition) is 2. The molecule has 2 aromatic heterocycles. The summed E-state index contributed by atoms with van der Waals surface area (Å²) >= 11 is 0. The summed E-state index contributed by atoms with van der Waals surface area (Å²) in [6, 6.07) is 12.7. The average molecular weight is 364 g/mol. The molecule has 4 rings (SSSR count). The molecule has 27 heavy (non-hydrogen) atoms. The van der Waals surface area contributed by atoms with Crippen LogP contribution in [0.1, 0.15) is 0 Å². The Morgan fingerprint density at radius 3 is 2.67 bits per heavy atom.